The van der Waals surface area contributed by atoms with E-state index in [1.54, 1.807) is 0 Å². The van der Waals surface area contributed by atoms with Gasteiger partial charge in [0.2, 0.25) is 5.95 Å². The summed E-state index contributed by atoms with van der Waals surface area (Å²) in [6.07, 6.45) is -6.81. The molecule has 0 saturated carbocycles. The van der Waals surface area contributed by atoms with E-state index in [1.165, 1.54) is 23.2 Å². The van der Waals surface area contributed by atoms with Gasteiger partial charge in [0, 0.05) is 10.8 Å². The maximum Gasteiger partial charge on any atom is 0.695 e. The highest BCUT2D eigenvalue weighted by Crippen LogP contribution is 2.57. The van der Waals surface area contributed by atoms with E-state index in [-0.39, 0.29) is 28.4 Å². The molecule has 0 bridgehead atoms. The van der Waals surface area contributed by atoms with E-state index in [0.717, 1.165) is 10.9 Å². The summed E-state index contributed by atoms with van der Waals surface area (Å²) in [5, 5.41) is 31.6. The Morgan fingerprint density at radius 2 is 1.73 bits per heavy atom. The molecule has 236 valence electrons. The summed E-state index contributed by atoms with van der Waals surface area (Å²) in [6.45, 7) is -1.56. The molecular weight excluding hydrogens is 632 g/mol. The second-order valence-electron chi connectivity index (χ2n) is 9.95. The molecule has 2 aliphatic heterocycles. The van der Waals surface area contributed by atoms with Gasteiger partial charge in [0.05, 0.1) is 31.6 Å². The highest BCUT2D eigenvalue weighted by atomic mass is 31.2. The molecule has 23 heteroatoms. The molecule has 0 radical (unpaired) electrons. The van der Waals surface area contributed by atoms with Crippen molar-refractivity contribution in [2.45, 2.75) is 48.6 Å². The molecule has 2 unspecified atom stereocenters. The number of aromatic nitrogens is 7. The zero-order valence-corrected chi connectivity index (χ0v) is 24.0. The Labute approximate surface area is 245 Å². The first-order valence-electron chi connectivity index (χ1n) is 12.8. The molecule has 6 rings (SSSR count). The van der Waals surface area contributed by atoms with Crippen LogP contribution in [-0.2, 0) is 27.7 Å². The highest BCUT2D eigenvalue weighted by Gasteiger charge is 2.56. The molecule has 0 spiro atoms. The summed E-state index contributed by atoms with van der Waals surface area (Å²) in [5.74, 6) is -0.287. The molecule has 10 N–H and O–H groups in total. The smallest absolute Gasteiger partial charge is 0.397 e. The Bertz CT molecular complexity index is 1830. The monoisotopic (exact) mass is 658 g/mol. The number of rotatable bonds is 9. The van der Waals surface area contributed by atoms with E-state index in [1.807, 2.05) is 0 Å². The molecule has 0 aromatic carbocycles. The first kappa shape index (κ1) is 30.6. The Hall–Kier alpha value is -3.46. The second-order valence-corrected chi connectivity index (χ2v) is 12.6. The van der Waals surface area contributed by atoms with Crippen LogP contribution in [0.15, 0.2) is 29.7 Å². The highest BCUT2D eigenvalue weighted by molar-refractivity contribution is 7.53. The number of nitrogen functional groups attached to an aromatic ring is 2. The topological polar surface area (TPSA) is 319 Å². The molecule has 44 heavy (non-hydrogen) atoms. The van der Waals surface area contributed by atoms with E-state index in [0.29, 0.717) is 5.52 Å². The van der Waals surface area contributed by atoms with E-state index < -0.39 is 83.3 Å². The van der Waals surface area contributed by atoms with Crippen LogP contribution in [0.1, 0.15) is 12.5 Å². The summed E-state index contributed by atoms with van der Waals surface area (Å²) in [5.41, 5.74) is 9.56. The number of ether oxygens (including phenoxy) is 2. The number of nitrogens with zero attached hydrogens (tertiary/aromatic N) is 6. The molecule has 4 aromatic rings. The van der Waals surface area contributed by atoms with Gasteiger partial charge in [-0.1, -0.05) is 0 Å². The normalized spacial score (nSPS) is 30.7. The number of aliphatic hydroxyl groups excluding tert-OH is 3. The molecule has 2 fully saturated rings. The number of hydrogen-bond acceptors (Lipinski definition) is 16. The minimum atomic E-state index is -4.98. The van der Waals surface area contributed by atoms with E-state index in [4.69, 9.17) is 30.0 Å². The van der Waals surface area contributed by atoms with Crippen LogP contribution >= 0.6 is 15.9 Å². The van der Waals surface area contributed by atoms with Crippen molar-refractivity contribution >= 4 is 49.8 Å². The molecular formula is C21H26N9O12P2+. The van der Waals surface area contributed by atoms with Gasteiger partial charge in [-0.25, -0.2) is 15.0 Å². The third-order valence-corrected chi connectivity index (χ3v) is 9.59. The van der Waals surface area contributed by atoms with Crippen molar-refractivity contribution in [3.05, 3.63) is 35.3 Å². The van der Waals surface area contributed by atoms with Crippen LogP contribution < -0.4 is 17.0 Å². The molecule has 6 heterocycles. The number of pyridine rings is 1. The lowest BCUT2D eigenvalue weighted by Crippen LogP contribution is -2.37. The molecule has 2 aliphatic rings. The number of H-pyrrole nitrogens is 1. The molecule has 0 aliphatic carbocycles. The van der Waals surface area contributed by atoms with Crippen molar-refractivity contribution in [1.82, 2.24) is 34.1 Å². The van der Waals surface area contributed by atoms with Crippen molar-refractivity contribution < 1.29 is 52.8 Å². The summed E-state index contributed by atoms with van der Waals surface area (Å²) in [4.78, 5) is 51.4. The average molecular weight is 658 g/mol. The lowest BCUT2D eigenvalue weighted by Gasteiger charge is -2.27. The van der Waals surface area contributed by atoms with Gasteiger partial charge < -0.3 is 45.7 Å². The van der Waals surface area contributed by atoms with Gasteiger partial charge >= 0.3 is 15.9 Å². The molecule has 21 nitrogen and oxygen atoms in total. The number of aliphatic hydroxyl groups is 3. The first-order chi connectivity index (χ1) is 20.9. The number of anilines is 2. The third-order valence-electron chi connectivity index (χ3n) is 7.33. The number of imidazole rings is 2. The average Bonchev–Trinajstić information content (AvgIpc) is 3.72. The lowest BCUT2D eigenvalue weighted by molar-refractivity contribution is -0.0491. The zero-order valence-electron chi connectivity index (χ0n) is 22.2. The minimum absolute atomic E-state index is 0.140. The summed E-state index contributed by atoms with van der Waals surface area (Å²) < 4.78 is 49.6. The quantitative estimate of drug-likeness (QED) is 0.0888. The zero-order chi connectivity index (χ0) is 31.5. The number of nitrogens with two attached hydrogens (primary N) is 2. The van der Waals surface area contributed by atoms with Crippen LogP contribution in [0.5, 0.6) is 0 Å². The molecule has 0 amide bonds. The fourth-order valence-corrected chi connectivity index (χ4v) is 7.43. The Morgan fingerprint density at radius 3 is 2.43 bits per heavy atom. The lowest BCUT2D eigenvalue weighted by atomic mass is 10.1. The maximum atomic E-state index is 13.7. The predicted octanol–water partition coefficient (Wildman–Crippen LogP) is -2.16. The van der Waals surface area contributed by atoms with Gasteiger partial charge in [0.25, 0.3) is 5.56 Å². The van der Waals surface area contributed by atoms with Crippen molar-refractivity contribution in [1.29, 1.82) is 0 Å². The first-order valence-corrected chi connectivity index (χ1v) is 15.6. The van der Waals surface area contributed by atoms with Gasteiger partial charge in [-0.2, -0.15) is 4.98 Å². The van der Waals surface area contributed by atoms with Gasteiger partial charge in [0.15, 0.2) is 35.4 Å². The maximum absolute atomic E-state index is 13.7. The van der Waals surface area contributed by atoms with Crippen molar-refractivity contribution in [3.63, 3.8) is 0 Å². The van der Waals surface area contributed by atoms with Crippen LogP contribution in [0.4, 0.5) is 11.6 Å². The van der Waals surface area contributed by atoms with E-state index in [2.05, 4.69) is 24.9 Å². The van der Waals surface area contributed by atoms with Gasteiger partial charge in [0.1, 0.15) is 35.6 Å². The van der Waals surface area contributed by atoms with Crippen molar-refractivity contribution in [2.75, 3.05) is 24.7 Å². The summed E-state index contributed by atoms with van der Waals surface area (Å²) in [7, 11) is -8.26. The van der Waals surface area contributed by atoms with Crippen LogP contribution in [0.2, 0.25) is 0 Å². The largest absolute Gasteiger partial charge is 0.695 e. The summed E-state index contributed by atoms with van der Waals surface area (Å²) >= 11 is 0. The number of nitrogens with one attached hydrogen (secondary N) is 1. The Morgan fingerprint density at radius 1 is 1.05 bits per heavy atom. The fourth-order valence-electron chi connectivity index (χ4n) is 5.32. The number of aromatic amines is 1. The van der Waals surface area contributed by atoms with Gasteiger partial charge in [-0.3, -0.25) is 23.5 Å². The molecule has 10 atom stereocenters. The van der Waals surface area contributed by atoms with Gasteiger partial charge in [-0.15, -0.1) is 9.42 Å². The van der Waals surface area contributed by atoms with Crippen molar-refractivity contribution in [2.24, 2.45) is 0 Å². The predicted molar refractivity (Wildman–Crippen MR) is 146 cm³/mol. The van der Waals surface area contributed by atoms with E-state index in [9.17, 15) is 39.0 Å². The standard InChI is InChI=1S/C21H25N9O12P2/c22-7-1-2-24-16-10(7)25-5-29(16)19-13(33)14(42-43(35)36)9(41-19)4-39-44(37,38)15-12(32)8(3-31)40-20(15)30-6-26-11-17(30)27-21(23)28-18(11)34/h1-2,5-6,8-9,12-15,19-20,31-33H,3-4H2,(H6-,22,23,24,27,28,34,35,36,37,38)/p+1/t8-,9-,12-,13-,14-,15-,19-,20-/m1/s1. The Kier molecular flexibility index (Phi) is 7.97. The molecule has 4 aromatic heterocycles. The minimum Gasteiger partial charge on any atom is -0.397 e. The fraction of sp³-hybridized carbons (Fsp3) is 0.476. The van der Waals surface area contributed by atoms with Crippen LogP contribution in [0.3, 0.4) is 0 Å². The van der Waals surface area contributed by atoms with Gasteiger partial charge in [-0.05, 0) is 6.07 Å². The third kappa shape index (κ3) is 5.17. The van der Waals surface area contributed by atoms with Crippen LogP contribution in [0.25, 0.3) is 22.3 Å². The Balaban J connectivity index is 1.29. The van der Waals surface area contributed by atoms with Crippen LogP contribution in [-0.4, -0.2) is 109 Å². The van der Waals surface area contributed by atoms with E-state index >= 15 is 0 Å². The summed E-state index contributed by atoms with van der Waals surface area (Å²) in [6, 6.07) is 1.51. The SMILES string of the molecule is Nc1nc2c(ncn2[C@@H]2O[C@H](CO)[C@@H](O)[C@H]2P(=O)(O)OC[C@H]2O[C@@H](n3cnc4c(N)ccnc43)[C@H](O)[C@@H]2O[P+](=O)O)c(=O)[nH]1. The second kappa shape index (κ2) is 11.5. The van der Waals surface area contributed by atoms with Crippen LogP contribution in [0, 0.1) is 0 Å². The number of hydrogen-bond donors (Lipinski definition) is 8. The van der Waals surface area contributed by atoms with Crippen molar-refractivity contribution in [3.8, 4) is 0 Å². The number of fused-ring (bicyclic) bond motifs is 2. The molecule has 2 saturated heterocycles.